The van der Waals surface area contributed by atoms with Crippen LogP contribution in [0.5, 0.6) is 0 Å². The molecular formula is C31H42N8O4. The summed E-state index contributed by atoms with van der Waals surface area (Å²) in [7, 11) is 0. The standard InChI is InChI=1S/C31H42N8O4/c1-31(2,3)20-39(30(42)43)19-21-8-10-22(11-9-21)34-26-25(27(40)28(26)41)33-13-12-32-23-18-24(37-14-4-5-15-37)36-29(35-23)38-16-6-7-17-38/h8-11,18,33-34H,4-7,12-17,19-20H2,1-3H3,(H,42,43)(H,32,35,36). The number of anilines is 6. The van der Waals surface area contributed by atoms with Crippen molar-refractivity contribution in [3.63, 3.8) is 0 Å². The van der Waals surface area contributed by atoms with Crippen LogP contribution in [0.4, 0.5) is 39.4 Å². The van der Waals surface area contributed by atoms with E-state index in [0.29, 0.717) is 25.3 Å². The summed E-state index contributed by atoms with van der Waals surface area (Å²) in [5, 5.41) is 19.1. The molecule has 2 saturated heterocycles. The van der Waals surface area contributed by atoms with Gasteiger partial charge < -0.3 is 35.8 Å². The monoisotopic (exact) mass is 590 g/mol. The fourth-order valence-corrected chi connectivity index (χ4v) is 5.56. The third-order valence-electron chi connectivity index (χ3n) is 7.70. The van der Waals surface area contributed by atoms with Crippen LogP contribution in [0.2, 0.25) is 0 Å². The summed E-state index contributed by atoms with van der Waals surface area (Å²) in [6, 6.07) is 9.17. The van der Waals surface area contributed by atoms with E-state index in [1.54, 1.807) is 12.1 Å². The molecule has 1 aromatic heterocycles. The van der Waals surface area contributed by atoms with Gasteiger partial charge in [0.15, 0.2) is 0 Å². The van der Waals surface area contributed by atoms with Crippen LogP contribution >= 0.6 is 0 Å². The van der Waals surface area contributed by atoms with Crippen LogP contribution in [0, 0.1) is 5.41 Å². The van der Waals surface area contributed by atoms with Crippen LogP contribution in [0.3, 0.4) is 0 Å². The van der Waals surface area contributed by atoms with Gasteiger partial charge in [0.1, 0.15) is 23.0 Å². The minimum atomic E-state index is -0.968. The molecule has 2 aliphatic rings. The molecule has 5 rings (SSSR count). The first-order chi connectivity index (χ1) is 20.6. The normalized spacial score (nSPS) is 15.2. The highest BCUT2D eigenvalue weighted by Crippen LogP contribution is 2.26. The van der Waals surface area contributed by atoms with Crippen LogP contribution in [0.25, 0.3) is 0 Å². The minimum Gasteiger partial charge on any atom is -0.465 e. The largest absolute Gasteiger partial charge is 0.465 e. The highest BCUT2D eigenvalue weighted by Gasteiger charge is 2.23. The second kappa shape index (κ2) is 12.9. The van der Waals surface area contributed by atoms with E-state index in [2.05, 4.69) is 25.8 Å². The molecule has 230 valence electrons. The number of aromatic nitrogens is 2. The molecule has 0 radical (unpaired) electrons. The van der Waals surface area contributed by atoms with Crippen molar-refractivity contribution in [1.82, 2.24) is 14.9 Å². The number of carbonyl (C=O) groups is 1. The van der Waals surface area contributed by atoms with Crippen molar-refractivity contribution in [2.24, 2.45) is 5.41 Å². The van der Waals surface area contributed by atoms with E-state index >= 15 is 0 Å². The summed E-state index contributed by atoms with van der Waals surface area (Å²) in [5.41, 5.74) is 0.682. The van der Waals surface area contributed by atoms with Crippen molar-refractivity contribution >= 4 is 40.7 Å². The summed E-state index contributed by atoms with van der Waals surface area (Å²) in [6.07, 6.45) is 3.66. The number of hydrogen-bond acceptors (Lipinski definition) is 10. The Morgan fingerprint density at radius 2 is 1.49 bits per heavy atom. The molecule has 0 spiro atoms. The lowest BCUT2D eigenvalue weighted by atomic mass is 9.96. The third kappa shape index (κ3) is 7.54. The Balaban J connectivity index is 1.17. The number of carboxylic acid groups (broad SMARTS) is 1. The molecule has 12 heteroatoms. The van der Waals surface area contributed by atoms with Crippen molar-refractivity contribution in [2.75, 3.05) is 71.6 Å². The highest BCUT2D eigenvalue weighted by molar-refractivity contribution is 5.78. The molecule has 12 nitrogen and oxygen atoms in total. The van der Waals surface area contributed by atoms with E-state index in [1.807, 2.05) is 39.0 Å². The van der Waals surface area contributed by atoms with E-state index in [0.717, 1.165) is 62.2 Å². The van der Waals surface area contributed by atoms with Crippen LogP contribution in [0.1, 0.15) is 52.0 Å². The summed E-state index contributed by atoms with van der Waals surface area (Å²) >= 11 is 0. The molecule has 43 heavy (non-hydrogen) atoms. The van der Waals surface area contributed by atoms with E-state index in [4.69, 9.17) is 9.97 Å². The van der Waals surface area contributed by atoms with Gasteiger partial charge in [0.25, 0.3) is 10.9 Å². The van der Waals surface area contributed by atoms with Gasteiger partial charge >= 0.3 is 6.09 Å². The number of benzene rings is 1. The zero-order valence-corrected chi connectivity index (χ0v) is 25.3. The minimum absolute atomic E-state index is 0.162. The summed E-state index contributed by atoms with van der Waals surface area (Å²) < 4.78 is 0. The molecule has 3 aromatic rings. The van der Waals surface area contributed by atoms with Crippen LogP contribution in [-0.2, 0) is 6.54 Å². The molecular weight excluding hydrogens is 548 g/mol. The molecule has 2 aliphatic heterocycles. The number of rotatable bonds is 12. The lowest BCUT2D eigenvalue weighted by Crippen LogP contribution is -2.37. The van der Waals surface area contributed by atoms with Gasteiger partial charge in [-0.25, -0.2) is 4.79 Å². The highest BCUT2D eigenvalue weighted by atomic mass is 16.4. The van der Waals surface area contributed by atoms with Crippen molar-refractivity contribution in [1.29, 1.82) is 0 Å². The molecule has 2 fully saturated rings. The Labute approximate surface area is 251 Å². The summed E-state index contributed by atoms with van der Waals surface area (Å²) in [4.78, 5) is 51.9. The van der Waals surface area contributed by atoms with Gasteiger partial charge in [-0.15, -0.1) is 0 Å². The molecule has 0 saturated carbocycles. The molecule has 0 unspecified atom stereocenters. The second-order valence-electron chi connectivity index (χ2n) is 12.6. The van der Waals surface area contributed by atoms with Gasteiger partial charge in [0.2, 0.25) is 5.95 Å². The number of hydrogen-bond donors (Lipinski definition) is 4. The number of amides is 1. The maximum absolute atomic E-state index is 12.4. The van der Waals surface area contributed by atoms with Gasteiger partial charge in [-0.1, -0.05) is 32.9 Å². The lowest BCUT2D eigenvalue weighted by Gasteiger charge is -2.27. The molecule has 2 aromatic carbocycles. The summed E-state index contributed by atoms with van der Waals surface area (Å²) in [6.45, 7) is 11.5. The first-order valence-corrected chi connectivity index (χ1v) is 15.1. The second-order valence-corrected chi connectivity index (χ2v) is 12.6. The molecule has 0 aliphatic carbocycles. The zero-order valence-electron chi connectivity index (χ0n) is 25.3. The van der Waals surface area contributed by atoms with Crippen molar-refractivity contribution < 1.29 is 9.90 Å². The Morgan fingerprint density at radius 1 is 0.884 bits per heavy atom. The molecule has 3 heterocycles. The van der Waals surface area contributed by atoms with E-state index in [1.165, 1.54) is 17.7 Å². The van der Waals surface area contributed by atoms with Crippen LogP contribution < -0.4 is 36.6 Å². The fourth-order valence-electron chi connectivity index (χ4n) is 5.56. The van der Waals surface area contributed by atoms with Crippen molar-refractivity contribution in [3.05, 3.63) is 56.3 Å². The van der Waals surface area contributed by atoms with Crippen LogP contribution in [0.15, 0.2) is 39.9 Å². The lowest BCUT2D eigenvalue weighted by molar-refractivity contribution is 0.123. The smallest absolute Gasteiger partial charge is 0.407 e. The van der Waals surface area contributed by atoms with Crippen molar-refractivity contribution in [3.8, 4) is 0 Å². The Morgan fingerprint density at radius 3 is 2.12 bits per heavy atom. The van der Waals surface area contributed by atoms with Crippen molar-refractivity contribution in [2.45, 2.75) is 53.0 Å². The Kier molecular flexibility index (Phi) is 9.02. The maximum atomic E-state index is 12.4. The third-order valence-corrected chi connectivity index (χ3v) is 7.70. The van der Waals surface area contributed by atoms with Gasteiger partial charge in [0, 0.05) is 64.1 Å². The average molecular weight is 591 g/mol. The number of nitrogens with one attached hydrogen (secondary N) is 3. The first-order valence-electron chi connectivity index (χ1n) is 15.1. The van der Waals surface area contributed by atoms with E-state index < -0.39 is 17.0 Å². The predicted octanol–water partition coefficient (Wildman–Crippen LogP) is 4.07. The SMILES string of the molecule is CC(C)(C)CN(Cc1ccc(Nc2c(NCCNc3cc(N4CCCC4)nc(N4CCCC4)n3)c(=O)c2=O)cc1)C(=O)O. The zero-order chi connectivity index (χ0) is 30.6. The van der Waals surface area contributed by atoms with E-state index in [9.17, 15) is 19.5 Å². The molecule has 4 N–H and O–H groups in total. The fraction of sp³-hybridized carbons (Fsp3) is 0.516. The van der Waals surface area contributed by atoms with Crippen LogP contribution in [-0.4, -0.2) is 71.9 Å². The first kappa shape index (κ1) is 30.1. The quantitative estimate of drug-likeness (QED) is 0.179. The topological polar surface area (TPSA) is 143 Å². The molecule has 0 bridgehead atoms. The Hall–Kier alpha value is -4.35. The van der Waals surface area contributed by atoms with Gasteiger partial charge in [-0.2, -0.15) is 9.97 Å². The molecule has 1 amide bonds. The van der Waals surface area contributed by atoms with E-state index in [-0.39, 0.29) is 23.3 Å². The maximum Gasteiger partial charge on any atom is 0.407 e. The Bertz CT molecular complexity index is 1450. The predicted molar refractivity (Wildman–Crippen MR) is 171 cm³/mol. The summed E-state index contributed by atoms with van der Waals surface area (Å²) in [5.74, 6) is 2.44. The van der Waals surface area contributed by atoms with Gasteiger partial charge in [-0.3, -0.25) is 9.59 Å². The number of nitrogens with zero attached hydrogens (tertiary/aromatic N) is 5. The van der Waals surface area contributed by atoms with Gasteiger partial charge in [-0.05, 0) is 48.8 Å². The molecule has 0 atom stereocenters. The van der Waals surface area contributed by atoms with Gasteiger partial charge in [0.05, 0.1) is 0 Å². The average Bonchev–Trinajstić information content (AvgIpc) is 3.71.